The summed E-state index contributed by atoms with van der Waals surface area (Å²) in [5.74, 6) is -1.08. The molecular weight excluding hydrogens is 641 g/mol. The first-order chi connectivity index (χ1) is 23.8. The van der Waals surface area contributed by atoms with Crippen LogP contribution in [0.1, 0.15) is 54.0 Å². The minimum Gasteiger partial charge on any atom is -0.394 e. The first-order valence-electron chi connectivity index (χ1n) is 17.0. The van der Waals surface area contributed by atoms with Crippen molar-refractivity contribution in [3.8, 4) is 22.3 Å². The lowest BCUT2D eigenvalue weighted by Crippen LogP contribution is -2.71. The Morgan fingerprint density at radius 3 is 1.74 bits per heavy atom. The molecule has 2 heterocycles. The fourth-order valence-electron chi connectivity index (χ4n) is 6.57. The fourth-order valence-corrected chi connectivity index (χ4v) is 11.0. The van der Waals surface area contributed by atoms with E-state index in [2.05, 4.69) is 50.0 Å². The minimum atomic E-state index is -3.34. The van der Waals surface area contributed by atoms with E-state index in [-0.39, 0.29) is 13.0 Å². The molecule has 0 aliphatic rings. The molecule has 260 valence electrons. The number of nitrogens with two attached hydrogens (primary N) is 1. The van der Waals surface area contributed by atoms with Gasteiger partial charge in [-0.3, -0.25) is 14.6 Å². The molecule has 3 N–H and O–H groups in total. The molecule has 5 aromatic rings. The van der Waals surface area contributed by atoms with Gasteiger partial charge in [0.05, 0.1) is 19.1 Å². The summed E-state index contributed by atoms with van der Waals surface area (Å²) in [4.78, 5) is 31.9. The van der Waals surface area contributed by atoms with E-state index in [1.54, 1.807) is 23.2 Å². The van der Waals surface area contributed by atoms with E-state index in [0.29, 0.717) is 0 Å². The number of hydroxylamine groups is 2. The van der Waals surface area contributed by atoms with E-state index >= 15 is 4.79 Å². The van der Waals surface area contributed by atoms with Crippen LogP contribution in [-0.2, 0) is 14.1 Å². The van der Waals surface area contributed by atoms with E-state index in [1.807, 2.05) is 106 Å². The summed E-state index contributed by atoms with van der Waals surface area (Å²) in [5.41, 5.74) is 9.19. The summed E-state index contributed by atoms with van der Waals surface area (Å²) < 4.78 is 9.07. The lowest BCUT2D eigenvalue weighted by Gasteiger charge is -2.49. The number of nitrogens with zero attached hydrogens (tertiary/aromatic N) is 3. The van der Waals surface area contributed by atoms with Gasteiger partial charge in [-0.1, -0.05) is 126 Å². The zero-order chi connectivity index (χ0) is 36.1. The van der Waals surface area contributed by atoms with E-state index in [1.165, 1.54) is 5.06 Å². The Bertz CT molecular complexity index is 1830. The molecule has 2 amide bonds. The van der Waals surface area contributed by atoms with Gasteiger partial charge in [0.15, 0.2) is 0 Å². The average molecular weight is 689 g/mol. The maximum absolute atomic E-state index is 15.1. The number of aromatic nitrogens is 2. The molecule has 0 spiro atoms. The van der Waals surface area contributed by atoms with E-state index in [4.69, 9.17) is 10.3 Å². The van der Waals surface area contributed by atoms with Gasteiger partial charge in [-0.2, -0.15) is 0 Å². The molecule has 2 atom stereocenters. The molecule has 0 aliphatic heterocycles. The van der Waals surface area contributed by atoms with Crippen LogP contribution in [0, 0.1) is 5.41 Å². The summed E-state index contributed by atoms with van der Waals surface area (Å²) in [6.45, 7) is 11.9. The maximum Gasteiger partial charge on any atom is 0.296 e. The van der Waals surface area contributed by atoms with E-state index in [9.17, 15) is 9.90 Å². The number of benzene rings is 3. The summed E-state index contributed by atoms with van der Waals surface area (Å²) in [6, 6.07) is 32.3. The second-order valence-corrected chi connectivity index (χ2v) is 19.0. The molecule has 9 heteroatoms. The van der Waals surface area contributed by atoms with Gasteiger partial charge in [-0.05, 0) is 61.3 Å². The normalized spacial score (nSPS) is 13.4. The third kappa shape index (κ3) is 7.65. The Labute approximate surface area is 296 Å². The number of hydrogen-bond donors (Lipinski definition) is 2. The number of carbonyl (C=O) groups is 2. The first kappa shape index (κ1) is 36.4. The number of primary amides is 1. The molecule has 0 bridgehead atoms. The van der Waals surface area contributed by atoms with E-state index in [0.717, 1.165) is 32.6 Å². The van der Waals surface area contributed by atoms with Crippen LogP contribution < -0.4 is 16.1 Å². The Morgan fingerprint density at radius 1 is 0.780 bits per heavy atom. The second-order valence-electron chi connectivity index (χ2n) is 14.8. The number of carbonyl (C=O) groups excluding carboxylic acids is 2. The van der Waals surface area contributed by atoms with Gasteiger partial charge >= 0.3 is 0 Å². The third-order valence-corrected chi connectivity index (χ3v) is 14.2. The minimum absolute atomic E-state index is 0.253. The van der Waals surface area contributed by atoms with Gasteiger partial charge in [0.25, 0.3) is 14.2 Å². The largest absolute Gasteiger partial charge is 0.394 e. The van der Waals surface area contributed by atoms with Crippen LogP contribution in [0.3, 0.4) is 0 Å². The molecule has 2 aromatic heterocycles. The molecule has 8 nitrogen and oxygen atoms in total. The van der Waals surface area contributed by atoms with Crippen molar-refractivity contribution >= 4 is 30.5 Å². The smallest absolute Gasteiger partial charge is 0.296 e. The van der Waals surface area contributed by atoms with Crippen molar-refractivity contribution in [3.05, 3.63) is 128 Å². The quantitative estimate of drug-likeness (QED) is 0.117. The molecule has 50 heavy (non-hydrogen) atoms. The molecule has 0 saturated heterocycles. The number of aliphatic hydroxyl groups excluding tert-OH is 1. The average Bonchev–Trinajstić information content (AvgIpc) is 3.59. The molecule has 0 aliphatic carbocycles. The molecule has 0 saturated carbocycles. The molecule has 5 rings (SSSR count). The predicted octanol–water partition coefficient (Wildman–Crippen LogP) is 6.36. The first-order valence-corrected chi connectivity index (χ1v) is 18.9. The lowest BCUT2D eigenvalue weighted by atomic mass is 9.86. The Kier molecular flexibility index (Phi) is 10.9. The van der Waals surface area contributed by atoms with Crippen molar-refractivity contribution in [1.29, 1.82) is 0 Å². The fraction of sp³-hybridized carbons (Fsp3) is 0.293. The Balaban J connectivity index is 1.61. The SMILES string of the molecule is CC(C)(C)[C@@H](CO)N(O[Si](c1ccccc1)(c1ccccc1)C(C)(C)C)C(=O)[C@@H](CC(N)=O)n1ccc(-c2ccc(-c3ccncc3)cc2)c1. The highest BCUT2D eigenvalue weighted by Gasteiger charge is 2.55. The Morgan fingerprint density at radius 2 is 1.28 bits per heavy atom. The van der Waals surface area contributed by atoms with Crippen LogP contribution in [0.15, 0.2) is 128 Å². The summed E-state index contributed by atoms with van der Waals surface area (Å²) in [6.07, 6.45) is 6.93. The van der Waals surface area contributed by atoms with Crippen LogP contribution in [0.25, 0.3) is 22.3 Å². The Hall–Kier alpha value is -4.83. The van der Waals surface area contributed by atoms with Gasteiger partial charge in [0, 0.05) is 24.8 Å². The molecule has 0 fully saturated rings. The van der Waals surface area contributed by atoms with Crippen molar-refractivity contribution in [3.63, 3.8) is 0 Å². The van der Waals surface area contributed by atoms with Crippen molar-refractivity contribution in [2.45, 2.75) is 65.1 Å². The highest BCUT2D eigenvalue weighted by atomic mass is 28.4. The van der Waals surface area contributed by atoms with Gasteiger partial charge in [0.2, 0.25) is 5.91 Å². The monoisotopic (exact) mass is 688 g/mol. The topological polar surface area (TPSA) is 111 Å². The van der Waals surface area contributed by atoms with Crippen molar-refractivity contribution in [2.24, 2.45) is 11.1 Å². The van der Waals surface area contributed by atoms with Crippen LogP contribution >= 0.6 is 0 Å². The van der Waals surface area contributed by atoms with Gasteiger partial charge in [0.1, 0.15) is 6.04 Å². The number of pyridine rings is 1. The molecule has 0 unspecified atom stereocenters. The van der Waals surface area contributed by atoms with Gasteiger partial charge in [-0.25, -0.2) is 5.06 Å². The standard InChI is InChI=1S/C41H48N4O4Si/c1-40(2,3)37(29-46)45(49-50(41(4,5)6,34-13-9-7-10-14-34)35-15-11-8-12-16-35)39(48)36(27-38(42)47)44-26-23-33(28-44)31-19-17-30(18-20-31)32-21-24-43-25-22-32/h7-26,28,36-37,46H,27,29H2,1-6H3,(H2,42,47)/t36-,37-/m1/s1. The third-order valence-electron chi connectivity index (χ3n) is 9.31. The number of hydrogen-bond acceptors (Lipinski definition) is 5. The molecule has 0 radical (unpaired) electrons. The highest BCUT2D eigenvalue weighted by Crippen LogP contribution is 2.40. The van der Waals surface area contributed by atoms with Crippen LogP contribution in [0.4, 0.5) is 0 Å². The lowest BCUT2D eigenvalue weighted by molar-refractivity contribution is -0.186. The van der Waals surface area contributed by atoms with Crippen molar-refractivity contribution in [2.75, 3.05) is 6.61 Å². The summed E-state index contributed by atoms with van der Waals surface area (Å²) in [5, 5.41) is 13.8. The number of aliphatic hydroxyl groups is 1. The van der Waals surface area contributed by atoms with Gasteiger partial charge in [-0.15, -0.1) is 0 Å². The second kappa shape index (κ2) is 15.0. The van der Waals surface area contributed by atoms with Crippen LogP contribution in [-0.4, -0.2) is 52.5 Å². The van der Waals surface area contributed by atoms with Gasteiger partial charge < -0.3 is 19.9 Å². The van der Waals surface area contributed by atoms with Crippen molar-refractivity contribution < 1.29 is 19.2 Å². The zero-order valence-corrected chi connectivity index (χ0v) is 30.8. The van der Waals surface area contributed by atoms with Crippen LogP contribution in [0.5, 0.6) is 0 Å². The van der Waals surface area contributed by atoms with Crippen LogP contribution in [0.2, 0.25) is 5.04 Å². The predicted molar refractivity (Wildman–Crippen MR) is 202 cm³/mol. The summed E-state index contributed by atoms with van der Waals surface area (Å²) in [7, 11) is -3.34. The molecular formula is C41H48N4O4Si. The summed E-state index contributed by atoms with van der Waals surface area (Å²) >= 11 is 0. The highest BCUT2D eigenvalue weighted by molar-refractivity contribution is 6.99. The zero-order valence-electron chi connectivity index (χ0n) is 29.8. The molecule has 3 aromatic carbocycles. The van der Waals surface area contributed by atoms with Crippen molar-refractivity contribution in [1.82, 2.24) is 14.6 Å². The maximum atomic E-state index is 15.1. The number of amides is 2. The number of rotatable bonds is 12. The van der Waals surface area contributed by atoms with E-state index < -0.39 is 42.7 Å².